The number of nitrogens with one attached hydrogen (secondary N) is 1. The zero-order valence-electron chi connectivity index (χ0n) is 11.5. The first-order valence-corrected chi connectivity index (χ1v) is 6.88. The van der Waals surface area contributed by atoms with Gasteiger partial charge >= 0.3 is 0 Å². The van der Waals surface area contributed by atoms with E-state index < -0.39 is 0 Å². The van der Waals surface area contributed by atoms with Crippen LogP contribution in [0.1, 0.15) is 30.4 Å². The number of nitrogens with zero attached hydrogens (tertiary/aromatic N) is 1. The summed E-state index contributed by atoms with van der Waals surface area (Å²) < 4.78 is 11.4. The Morgan fingerprint density at radius 1 is 1.33 bits per heavy atom. The van der Waals surface area contributed by atoms with Gasteiger partial charge in [-0.15, -0.1) is 0 Å². The van der Waals surface area contributed by atoms with E-state index in [-0.39, 0.29) is 0 Å². The average Bonchev–Trinajstić information content (AvgIpc) is 2.56. The summed E-state index contributed by atoms with van der Waals surface area (Å²) in [6.07, 6.45) is 1.12. The van der Waals surface area contributed by atoms with Crippen molar-refractivity contribution in [3.63, 3.8) is 0 Å². The Morgan fingerprint density at radius 3 is 3.06 bits per heavy atom. The summed E-state index contributed by atoms with van der Waals surface area (Å²) in [5, 5.41) is 3.30. The lowest BCUT2D eigenvalue weighted by Crippen LogP contribution is -2.25. The molecule has 1 saturated heterocycles. The topological polar surface area (TPSA) is 37.6 Å². The molecule has 0 radical (unpaired) electrons. The van der Waals surface area contributed by atoms with Gasteiger partial charge in [0, 0.05) is 19.7 Å². The van der Waals surface area contributed by atoms with Crippen molar-refractivity contribution in [1.29, 1.82) is 0 Å². The second kappa shape index (κ2) is 6.92. The molecular formula is C14H24N2O2. The van der Waals surface area contributed by atoms with Gasteiger partial charge in [-0.2, -0.15) is 0 Å². The molecule has 1 fully saturated rings. The van der Waals surface area contributed by atoms with Crippen LogP contribution in [-0.4, -0.2) is 37.7 Å². The zero-order valence-corrected chi connectivity index (χ0v) is 11.5. The van der Waals surface area contributed by atoms with Crippen molar-refractivity contribution in [1.82, 2.24) is 10.2 Å². The van der Waals surface area contributed by atoms with Crippen LogP contribution in [-0.2, 0) is 17.8 Å². The normalized spacial score (nSPS) is 17.9. The zero-order chi connectivity index (χ0) is 12.8. The molecule has 1 aliphatic heterocycles. The van der Waals surface area contributed by atoms with Gasteiger partial charge in [-0.1, -0.05) is 6.92 Å². The van der Waals surface area contributed by atoms with Crippen LogP contribution in [0.3, 0.4) is 0 Å². The minimum absolute atomic E-state index is 0.825. The van der Waals surface area contributed by atoms with Crippen molar-refractivity contribution in [3.05, 3.63) is 23.2 Å². The monoisotopic (exact) mass is 252 g/mol. The summed E-state index contributed by atoms with van der Waals surface area (Å²) in [4.78, 5) is 2.41. The van der Waals surface area contributed by atoms with E-state index in [2.05, 4.69) is 30.1 Å². The summed E-state index contributed by atoms with van der Waals surface area (Å²) >= 11 is 0. The van der Waals surface area contributed by atoms with Crippen LogP contribution in [0.25, 0.3) is 0 Å². The molecular weight excluding hydrogens is 228 g/mol. The van der Waals surface area contributed by atoms with Gasteiger partial charge in [-0.05, 0) is 31.5 Å². The third-order valence-corrected chi connectivity index (χ3v) is 3.30. The van der Waals surface area contributed by atoms with Crippen LogP contribution in [0.5, 0.6) is 0 Å². The van der Waals surface area contributed by atoms with Crippen molar-refractivity contribution >= 4 is 0 Å². The second-order valence-electron chi connectivity index (χ2n) is 4.84. The van der Waals surface area contributed by atoms with E-state index in [9.17, 15) is 0 Å². The largest absolute Gasteiger partial charge is 0.463 e. The molecule has 2 heterocycles. The number of aryl methyl sites for hydroxylation is 1. The fraction of sp³-hybridized carbons (Fsp3) is 0.714. The highest BCUT2D eigenvalue weighted by molar-refractivity contribution is 5.20. The predicted molar refractivity (Wildman–Crippen MR) is 71.5 cm³/mol. The molecule has 4 heteroatoms. The average molecular weight is 252 g/mol. The third-order valence-electron chi connectivity index (χ3n) is 3.30. The summed E-state index contributed by atoms with van der Waals surface area (Å²) in [5.41, 5.74) is 1.25. The molecule has 1 aromatic heterocycles. The highest BCUT2D eigenvalue weighted by atomic mass is 16.5. The van der Waals surface area contributed by atoms with Crippen LogP contribution in [0.2, 0.25) is 0 Å². The van der Waals surface area contributed by atoms with Crippen LogP contribution >= 0.6 is 0 Å². The fourth-order valence-electron chi connectivity index (χ4n) is 2.26. The number of hydrogen-bond donors (Lipinski definition) is 1. The van der Waals surface area contributed by atoms with E-state index >= 15 is 0 Å². The lowest BCUT2D eigenvalue weighted by Gasteiger charge is -2.17. The molecule has 0 amide bonds. The lowest BCUT2D eigenvalue weighted by molar-refractivity contribution is 0.139. The number of rotatable bonds is 5. The third kappa shape index (κ3) is 3.83. The SMILES string of the molecule is CCNCc1oc(CN2CCCOCC2)cc1C. The Hall–Kier alpha value is -0.840. The van der Waals surface area contributed by atoms with Crippen LogP contribution in [0.15, 0.2) is 10.5 Å². The van der Waals surface area contributed by atoms with E-state index in [0.29, 0.717) is 0 Å². The first-order chi connectivity index (χ1) is 8.79. The van der Waals surface area contributed by atoms with Gasteiger partial charge in [0.15, 0.2) is 0 Å². The minimum Gasteiger partial charge on any atom is -0.463 e. The molecule has 0 saturated carbocycles. The van der Waals surface area contributed by atoms with Crippen LogP contribution < -0.4 is 5.32 Å². The smallest absolute Gasteiger partial charge is 0.120 e. The summed E-state index contributed by atoms with van der Waals surface area (Å²) in [5.74, 6) is 2.14. The highest BCUT2D eigenvalue weighted by Crippen LogP contribution is 2.17. The van der Waals surface area contributed by atoms with Gasteiger partial charge in [0.2, 0.25) is 0 Å². The second-order valence-corrected chi connectivity index (χ2v) is 4.84. The number of hydrogen-bond acceptors (Lipinski definition) is 4. The quantitative estimate of drug-likeness (QED) is 0.869. The van der Waals surface area contributed by atoms with Crippen molar-refractivity contribution in [2.75, 3.05) is 32.8 Å². The van der Waals surface area contributed by atoms with Gasteiger partial charge < -0.3 is 14.5 Å². The Bertz CT molecular complexity index is 355. The van der Waals surface area contributed by atoms with E-state index in [1.165, 1.54) is 5.56 Å². The van der Waals surface area contributed by atoms with E-state index in [1.54, 1.807) is 0 Å². The Morgan fingerprint density at radius 2 is 2.22 bits per heavy atom. The number of ether oxygens (including phenoxy) is 1. The Kier molecular flexibility index (Phi) is 5.23. The summed E-state index contributed by atoms with van der Waals surface area (Å²) in [7, 11) is 0. The van der Waals surface area contributed by atoms with Crippen molar-refractivity contribution in [3.8, 4) is 0 Å². The molecule has 0 aromatic carbocycles. The lowest BCUT2D eigenvalue weighted by atomic mass is 10.2. The molecule has 102 valence electrons. The van der Waals surface area contributed by atoms with Crippen molar-refractivity contribution in [2.24, 2.45) is 0 Å². The molecule has 1 aromatic rings. The van der Waals surface area contributed by atoms with Crippen LogP contribution in [0.4, 0.5) is 0 Å². The van der Waals surface area contributed by atoms with Gasteiger partial charge in [-0.25, -0.2) is 0 Å². The molecule has 0 aliphatic carbocycles. The molecule has 18 heavy (non-hydrogen) atoms. The maximum absolute atomic E-state index is 5.92. The molecule has 0 spiro atoms. The molecule has 0 unspecified atom stereocenters. The number of furan rings is 1. The minimum atomic E-state index is 0.825. The van der Waals surface area contributed by atoms with E-state index in [0.717, 1.165) is 63.9 Å². The fourth-order valence-corrected chi connectivity index (χ4v) is 2.26. The Labute approximate surface area is 109 Å². The summed E-state index contributed by atoms with van der Waals surface area (Å²) in [6, 6.07) is 2.17. The maximum Gasteiger partial charge on any atom is 0.120 e. The van der Waals surface area contributed by atoms with Crippen molar-refractivity contribution in [2.45, 2.75) is 33.4 Å². The van der Waals surface area contributed by atoms with Gasteiger partial charge in [0.05, 0.1) is 19.7 Å². The van der Waals surface area contributed by atoms with Gasteiger partial charge in [0.25, 0.3) is 0 Å². The first kappa shape index (κ1) is 13.6. The Balaban J connectivity index is 1.91. The molecule has 2 rings (SSSR count). The molecule has 0 atom stereocenters. The standard InChI is InChI=1S/C14H24N2O2/c1-3-15-10-14-12(2)9-13(18-14)11-16-5-4-7-17-8-6-16/h9,15H,3-8,10-11H2,1-2H3. The van der Waals surface area contributed by atoms with E-state index in [4.69, 9.17) is 9.15 Å². The summed E-state index contributed by atoms with van der Waals surface area (Å²) in [6.45, 7) is 10.7. The van der Waals surface area contributed by atoms with E-state index in [1.807, 2.05) is 0 Å². The molecule has 4 nitrogen and oxygen atoms in total. The van der Waals surface area contributed by atoms with Crippen LogP contribution in [0, 0.1) is 6.92 Å². The van der Waals surface area contributed by atoms with Crippen molar-refractivity contribution < 1.29 is 9.15 Å². The first-order valence-electron chi connectivity index (χ1n) is 6.88. The van der Waals surface area contributed by atoms with Gasteiger partial charge in [-0.3, -0.25) is 4.90 Å². The maximum atomic E-state index is 5.92. The highest BCUT2D eigenvalue weighted by Gasteiger charge is 2.13. The predicted octanol–water partition coefficient (Wildman–Crippen LogP) is 1.92. The molecule has 1 aliphatic rings. The molecule has 1 N–H and O–H groups in total. The molecule has 0 bridgehead atoms. The van der Waals surface area contributed by atoms with Gasteiger partial charge in [0.1, 0.15) is 11.5 Å².